The number of rotatable bonds is 4. The van der Waals surface area contributed by atoms with E-state index in [0.29, 0.717) is 15.9 Å². The van der Waals surface area contributed by atoms with Crippen LogP contribution in [0.3, 0.4) is 0 Å². The number of nitro benzene ring substituents is 1. The molecule has 0 saturated heterocycles. The van der Waals surface area contributed by atoms with Gasteiger partial charge in [0.25, 0.3) is 5.69 Å². The van der Waals surface area contributed by atoms with Crippen molar-refractivity contribution in [2.24, 2.45) is 0 Å². The van der Waals surface area contributed by atoms with E-state index in [9.17, 15) is 10.1 Å². The van der Waals surface area contributed by atoms with Gasteiger partial charge in [-0.1, -0.05) is 12.1 Å². The third-order valence-electron chi connectivity index (χ3n) is 2.39. The number of nitrogens with two attached hydrogens (primary N) is 1. The number of pyridine rings is 1. The Morgan fingerprint density at radius 3 is 2.79 bits per heavy atom. The first kappa shape index (κ1) is 13.8. The molecule has 0 spiro atoms. The van der Waals surface area contributed by atoms with E-state index >= 15 is 0 Å². The largest absolute Gasteiger partial charge is 0.397 e. The molecule has 1 aromatic heterocycles. The molecule has 0 radical (unpaired) electrons. The fourth-order valence-corrected chi connectivity index (χ4v) is 3.02. The molecular weight excluding hydrogens is 330 g/mol. The predicted molar refractivity (Wildman–Crippen MR) is 79.0 cm³/mol. The number of nitro groups is 1. The summed E-state index contributed by atoms with van der Waals surface area (Å²) in [6.45, 7) is 0. The SMILES string of the molecule is Nc1ccc(SCc2cccc([N+](=O)[O-])c2Br)nc1. The highest BCUT2D eigenvalue weighted by atomic mass is 79.9. The van der Waals surface area contributed by atoms with Gasteiger partial charge in [-0.25, -0.2) is 4.98 Å². The molecule has 0 fully saturated rings. The van der Waals surface area contributed by atoms with Gasteiger partial charge in [0, 0.05) is 11.8 Å². The van der Waals surface area contributed by atoms with Crippen LogP contribution in [0.25, 0.3) is 0 Å². The lowest BCUT2D eigenvalue weighted by molar-refractivity contribution is -0.385. The molecule has 2 N–H and O–H groups in total. The summed E-state index contributed by atoms with van der Waals surface area (Å²) in [4.78, 5) is 14.6. The molecule has 0 saturated carbocycles. The Bertz CT molecular complexity index is 604. The first-order chi connectivity index (χ1) is 9.08. The molecule has 1 aromatic carbocycles. The van der Waals surface area contributed by atoms with Crippen LogP contribution in [0.1, 0.15) is 5.56 Å². The van der Waals surface area contributed by atoms with Crippen LogP contribution < -0.4 is 5.73 Å². The summed E-state index contributed by atoms with van der Waals surface area (Å²) in [5, 5.41) is 11.7. The second kappa shape index (κ2) is 6.03. The minimum atomic E-state index is -0.403. The van der Waals surface area contributed by atoms with Gasteiger partial charge in [0.15, 0.2) is 0 Å². The fourth-order valence-electron chi connectivity index (χ4n) is 1.45. The van der Waals surface area contributed by atoms with Gasteiger partial charge >= 0.3 is 0 Å². The van der Waals surface area contributed by atoms with E-state index in [0.717, 1.165) is 10.6 Å². The van der Waals surface area contributed by atoms with E-state index in [-0.39, 0.29) is 5.69 Å². The number of benzene rings is 1. The maximum atomic E-state index is 10.8. The van der Waals surface area contributed by atoms with E-state index in [1.54, 1.807) is 18.3 Å². The zero-order valence-electron chi connectivity index (χ0n) is 9.75. The van der Waals surface area contributed by atoms with Gasteiger partial charge in [0.2, 0.25) is 0 Å². The summed E-state index contributed by atoms with van der Waals surface area (Å²) >= 11 is 4.77. The van der Waals surface area contributed by atoms with Gasteiger partial charge in [0.1, 0.15) is 0 Å². The summed E-state index contributed by atoms with van der Waals surface area (Å²) < 4.78 is 0.517. The molecule has 0 atom stereocenters. The predicted octanol–water partition coefficient (Wildman–Crippen LogP) is 3.63. The second-order valence-corrected chi connectivity index (χ2v) is 5.51. The molecule has 2 rings (SSSR count). The molecule has 0 aliphatic heterocycles. The number of thioether (sulfide) groups is 1. The highest BCUT2D eigenvalue weighted by Crippen LogP contribution is 2.32. The molecule has 2 aromatic rings. The average molecular weight is 340 g/mol. The van der Waals surface area contributed by atoms with Crippen molar-refractivity contribution in [3.05, 3.63) is 56.7 Å². The maximum absolute atomic E-state index is 10.8. The quantitative estimate of drug-likeness (QED) is 0.522. The Hall–Kier alpha value is -1.60. The standard InChI is InChI=1S/C12H10BrN3O2S/c13-12-8(2-1-3-10(12)16(17)18)7-19-11-5-4-9(14)6-15-11/h1-6H,7,14H2. The van der Waals surface area contributed by atoms with Crippen molar-refractivity contribution in [2.45, 2.75) is 10.8 Å². The first-order valence-electron chi connectivity index (χ1n) is 5.34. The number of nitrogens with zero attached hydrogens (tertiary/aromatic N) is 2. The van der Waals surface area contributed by atoms with Crippen LogP contribution in [0.2, 0.25) is 0 Å². The Kier molecular flexibility index (Phi) is 4.39. The van der Waals surface area contributed by atoms with E-state index in [2.05, 4.69) is 20.9 Å². The zero-order chi connectivity index (χ0) is 13.8. The molecule has 98 valence electrons. The van der Waals surface area contributed by atoms with Crippen molar-refractivity contribution in [3.63, 3.8) is 0 Å². The average Bonchev–Trinajstić information content (AvgIpc) is 2.39. The molecule has 0 unspecified atom stereocenters. The topological polar surface area (TPSA) is 82.0 Å². The molecule has 0 amide bonds. The van der Waals surface area contributed by atoms with Crippen molar-refractivity contribution in [3.8, 4) is 0 Å². The zero-order valence-corrected chi connectivity index (χ0v) is 12.1. The van der Waals surface area contributed by atoms with Gasteiger partial charge in [0.05, 0.1) is 26.3 Å². The third kappa shape index (κ3) is 3.45. The van der Waals surface area contributed by atoms with Crippen molar-refractivity contribution in [1.82, 2.24) is 4.98 Å². The number of hydrogen-bond acceptors (Lipinski definition) is 5. The lowest BCUT2D eigenvalue weighted by atomic mass is 10.2. The Morgan fingerprint density at radius 1 is 1.37 bits per heavy atom. The molecule has 5 nitrogen and oxygen atoms in total. The van der Waals surface area contributed by atoms with Gasteiger partial charge in [-0.3, -0.25) is 10.1 Å². The van der Waals surface area contributed by atoms with E-state index in [1.165, 1.54) is 17.8 Å². The van der Waals surface area contributed by atoms with Crippen LogP contribution >= 0.6 is 27.7 Å². The Morgan fingerprint density at radius 2 is 2.16 bits per heavy atom. The van der Waals surface area contributed by atoms with Gasteiger partial charge in [-0.15, -0.1) is 11.8 Å². The summed E-state index contributed by atoms with van der Waals surface area (Å²) in [6, 6.07) is 8.60. The van der Waals surface area contributed by atoms with Crippen LogP contribution in [0.4, 0.5) is 11.4 Å². The minimum Gasteiger partial charge on any atom is -0.397 e. The summed E-state index contributed by atoms with van der Waals surface area (Å²) in [5.41, 5.74) is 7.10. The number of nitrogen functional groups attached to an aromatic ring is 1. The molecular formula is C12H10BrN3O2S. The number of aromatic nitrogens is 1. The lowest BCUT2D eigenvalue weighted by Crippen LogP contribution is -1.93. The van der Waals surface area contributed by atoms with Gasteiger partial charge < -0.3 is 5.73 Å². The van der Waals surface area contributed by atoms with Crippen molar-refractivity contribution in [2.75, 3.05) is 5.73 Å². The Balaban J connectivity index is 2.13. The fraction of sp³-hybridized carbons (Fsp3) is 0.0833. The van der Waals surface area contributed by atoms with Crippen molar-refractivity contribution >= 4 is 39.1 Å². The van der Waals surface area contributed by atoms with Crippen LogP contribution in [-0.4, -0.2) is 9.91 Å². The van der Waals surface area contributed by atoms with E-state index in [1.807, 2.05) is 12.1 Å². The highest BCUT2D eigenvalue weighted by Gasteiger charge is 2.14. The molecule has 7 heteroatoms. The third-order valence-corrected chi connectivity index (χ3v) is 4.30. The molecule has 0 aliphatic rings. The summed E-state index contributed by atoms with van der Waals surface area (Å²) in [6.07, 6.45) is 1.59. The van der Waals surface area contributed by atoms with Gasteiger partial charge in [-0.05, 0) is 33.6 Å². The summed E-state index contributed by atoms with van der Waals surface area (Å²) in [5.74, 6) is 0.596. The number of anilines is 1. The van der Waals surface area contributed by atoms with Crippen LogP contribution in [-0.2, 0) is 5.75 Å². The highest BCUT2D eigenvalue weighted by molar-refractivity contribution is 9.10. The monoisotopic (exact) mass is 339 g/mol. The smallest absolute Gasteiger partial charge is 0.283 e. The summed E-state index contributed by atoms with van der Waals surface area (Å²) in [7, 11) is 0. The van der Waals surface area contributed by atoms with Crippen LogP contribution in [0, 0.1) is 10.1 Å². The van der Waals surface area contributed by atoms with Crippen LogP contribution in [0.5, 0.6) is 0 Å². The second-order valence-electron chi connectivity index (χ2n) is 3.73. The van der Waals surface area contributed by atoms with Crippen molar-refractivity contribution in [1.29, 1.82) is 0 Å². The maximum Gasteiger partial charge on any atom is 0.283 e. The number of hydrogen-bond donors (Lipinski definition) is 1. The number of halogens is 1. The first-order valence-corrected chi connectivity index (χ1v) is 7.12. The molecule has 0 aliphatic carbocycles. The van der Waals surface area contributed by atoms with Crippen molar-refractivity contribution < 1.29 is 4.92 Å². The van der Waals surface area contributed by atoms with E-state index < -0.39 is 4.92 Å². The Labute approximate surface area is 122 Å². The molecule has 19 heavy (non-hydrogen) atoms. The molecule has 1 heterocycles. The minimum absolute atomic E-state index is 0.0726. The molecule has 0 bridgehead atoms. The van der Waals surface area contributed by atoms with Crippen LogP contribution in [0.15, 0.2) is 46.0 Å². The van der Waals surface area contributed by atoms with Gasteiger partial charge in [-0.2, -0.15) is 0 Å². The van der Waals surface area contributed by atoms with E-state index in [4.69, 9.17) is 5.73 Å². The lowest BCUT2D eigenvalue weighted by Gasteiger charge is -2.04. The normalized spacial score (nSPS) is 10.4.